The number of carbonyl (C=O) groups is 4. The Morgan fingerprint density at radius 2 is 1.10 bits per heavy atom. The van der Waals surface area contributed by atoms with E-state index in [2.05, 4.69) is 47.1 Å². The van der Waals surface area contributed by atoms with E-state index >= 15 is 4.39 Å². The van der Waals surface area contributed by atoms with Crippen LogP contribution in [0.25, 0.3) is 0 Å². The fraction of sp³-hybridized carbons (Fsp3) is 0.309. The minimum Gasteiger partial charge on any atom is -0.382 e. The molecule has 2 fully saturated rings. The predicted molar refractivity (Wildman–Crippen MR) is 281 cm³/mol. The number of pyridine rings is 2. The Morgan fingerprint density at radius 1 is 0.586 bits per heavy atom. The zero-order valence-corrected chi connectivity index (χ0v) is 47.2. The third-order valence-electron chi connectivity index (χ3n) is 12.8. The minimum atomic E-state index is -5.97. The number of amides is 2. The van der Waals surface area contributed by atoms with Gasteiger partial charge in [0, 0.05) is 58.8 Å². The van der Waals surface area contributed by atoms with Crippen molar-refractivity contribution in [2.75, 3.05) is 28.6 Å². The maximum atomic E-state index is 15.8. The normalized spacial score (nSPS) is 13.9. The summed E-state index contributed by atoms with van der Waals surface area (Å²) in [4.78, 5) is 57.9. The maximum Gasteiger partial charge on any atom is 0.418 e. The Balaban J connectivity index is 0.000000246. The van der Waals surface area contributed by atoms with Gasteiger partial charge in [0.1, 0.15) is 0 Å². The fourth-order valence-electron chi connectivity index (χ4n) is 8.31. The fourth-order valence-corrected chi connectivity index (χ4v) is 9.61. The first-order valence-electron chi connectivity index (χ1n) is 24.7. The number of benzene rings is 4. The molecular weight excluding hydrogens is 1370 g/mol. The summed E-state index contributed by atoms with van der Waals surface area (Å²) in [6, 6.07) is 12.7. The lowest BCUT2D eigenvalue weighted by Crippen LogP contribution is -2.34. The summed E-state index contributed by atoms with van der Waals surface area (Å²) in [6.07, 6.45) is -26.9. The van der Waals surface area contributed by atoms with E-state index in [1.54, 1.807) is 23.6 Å². The Kier molecular flexibility index (Phi) is 21.7. The Bertz CT molecular complexity index is 3440. The molecular formula is C55H38Br2ClF20N5O4. The van der Waals surface area contributed by atoms with Crippen LogP contribution in [0.2, 0.25) is 0 Å². The van der Waals surface area contributed by atoms with Crippen molar-refractivity contribution in [2.24, 2.45) is 11.8 Å². The average Bonchev–Trinajstić information content (AvgIpc) is 1.71. The van der Waals surface area contributed by atoms with Gasteiger partial charge in [0.25, 0.3) is 17.1 Å². The number of alkyl halides is 18. The highest BCUT2D eigenvalue weighted by atomic mass is 79.9. The molecule has 2 aliphatic carbocycles. The summed E-state index contributed by atoms with van der Waals surface area (Å²) in [5.41, 5.74) is -10.8. The van der Waals surface area contributed by atoms with E-state index in [1.807, 2.05) is 0 Å². The molecule has 0 radical (unpaired) electrons. The molecule has 87 heavy (non-hydrogen) atoms. The van der Waals surface area contributed by atoms with Crippen LogP contribution in [-0.2, 0) is 18.8 Å². The molecule has 0 saturated heterocycles. The molecule has 6 aromatic rings. The van der Waals surface area contributed by atoms with Gasteiger partial charge >= 0.3 is 37.1 Å². The molecule has 0 atom stereocenters. The van der Waals surface area contributed by atoms with Gasteiger partial charge in [-0.1, -0.05) is 28.1 Å². The molecule has 2 N–H and O–H groups in total. The number of anilines is 3. The molecule has 0 unspecified atom stereocenters. The van der Waals surface area contributed by atoms with Crippen molar-refractivity contribution in [1.82, 2.24) is 9.97 Å². The first-order valence-corrected chi connectivity index (χ1v) is 26.7. The Morgan fingerprint density at radius 3 is 1.59 bits per heavy atom. The molecule has 2 amide bonds. The molecule has 468 valence electrons. The molecule has 8 rings (SSSR count). The SMILES string of the molecule is O=C(Cc1c(Br)cc(C(C(F)(F)F)C(F)(F)F)cc1C(F)(F)F)c1cccc(N(CC2CC2)C(=O)c2ccncc2)c1F.O=C(Cl)c1cccnc1.O=C(Nc1c(Br)cc(C(C(F)(F)F)C(F)(F)F)cc1C(F)(F)F)c1cccc(NCC2CC2)c1F. The molecule has 9 nitrogen and oxygen atoms in total. The van der Waals surface area contributed by atoms with E-state index < -0.39 is 143 Å². The van der Waals surface area contributed by atoms with Crippen LogP contribution < -0.4 is 15.5 Å². The number of nitrogens with one attached hydrogen (secondary N) is 2. The van der Waals surface area contributed by atoms with Gasteiger partial charge in [-0.15, -0.1) is 0 Å². The van der Waals surface area contributed by atoms with Crippen LogP contribution in [0.15, 0.2) is 119 Å². The van der Waals surface area contributed by atoms with Crippen LogP contribution in [-0.4, -0.2) is 70.6 Å². The molecule has 32 heteroatoms. The molecule has 2 aliphatic rings. The van der Waals surface area contributed by atoms with Gasteiger partial charge in [-0.25, -0.2) is 8.78 Å². The second-order valence-electron chi connectivity index (χ2n) is 19.3. The lowest BCUT2D eigenvalue weighted by molar-refractivity contribution is -0.255. The lowest BCUT2D eigenvalue weighted by atomic mass is 9.91. The molecule has 0 bridgehead atoms. The number of halogens is 23. The largest absolute Gasteiger partial charge is 0.418 e. The van der Waals surface area contributed by atoms with Crippen molar-refractivity contribution >= 4 is 83.4 Å². The first kappa shape index (κ1) is 69.2. The number of nitrogens with zero attached hydrogens (tertiary/aromatic N) is 3. The van der Waals surface area contributed by atoms with Crippen molar-refractivity contribution in [3.8, 4) is 0 Å². The van der Waals surface area contributed by atoms with Gasteiger partial charge in [-0.05, 0) is 155 Å². The summed E-state index contributed by atoms with van der Waals surface area (Å²) in [7, 11) is 0. The van der Waals surface area contributed by atoms with Crippen LogP contribution in [0.5, 0.6) is 0 Å². The number of Topliss-reactive ketones (excluding diaryl/α,β-unsaturated/α-hetero) is 1. The monoisotopic (exact) mass is 1410 g/mol. The van der Waals surface area contributed by atoms with E-state index in [0.29, 0.717) is 18.0 Å². The minimum absolute atomic E-state index is 0.0468. The van der Waals surface area contributed by atoms with Crippen molar-refractivity contribution in [1.29, 1.82) is 0 Å². The number of hydrogen-bond donors (Lipinski definition) is 2. The Labute approximate surface area is 500 Å². The summed E-state index contributed by atoms with van der Waals surface area (Å²) in [5.74, 6) is -13.6. The van der Waals surface area contributed by atoms with Gasteiger partial charge in [-0.3, -0.25) is 29.1 Å². The van der Waals surface area contributed by atoms with E-state index in [9.17, 15) is 103 Å². The quantitative estimate of drug-likeness (QED) is 0.0597. The highest BCUT2D eigenvalue weighted by Crippen LogP contribution is 2.51. The highest BCUT2D eigenvalue weighted by Gasteiger charge is 2.59. The molecule has 0 spiro atoms. The number of hydrogen-bond acceptors (Lipinski definition) is 7. The summed E-state index contributed by atoms with van der Waals surface area (Å²) >= 11 is 10.2. The Hall–Kier alpha value is -6.89. The van der Waals surface area contributed by atoms with Gasteiger partial charge in [0.2, 0.25) is 0 Å². The highest BCUT2D eigenvalue weighted by molar-refractivity contribution is 9.11. The van der Waals surface area contributed by atoms with Gasteiger partial charge < -0.3 is 15.5 Å². The third-order valence-corrected chi connectivity index (χ3v) is 14.3. The molecule has 2 saturated carbocycles. The van der Waals surface area contributed by atoms with Crippen LogP contribution >= 0.6 is 43.5 Å². The van der Waals surface area contributed by atoms with Crippen LogP contribution in [0.3, 0.4) is 0 Å². The maximum absolute atomic E-state index is 15.8. The summed E-state index contributed by atoms with van der Waals surface area (Å²) in [5, 5.41) is 4.06. The molecule has 2 heterocycles. The number of aromatic nitrogens is 2. The lowest BCUT2D eigenvalue weighted by Gasteiger charge is -2.25. The van der Waals surface area contributed by atoms with Crippen molar-refractivity contribution < 1.29 is 107 Å². The third kappa shape index (κ3) is 18.3. The van der Waals surface area contributed by atoms with Crippen LogP contribution in [0, 0.1) is 23.5 Å². The summed E-state index contributed by atoms with van der Waals surface area (Å²) in [6.45, 7) is 0.493. The van der Waals surface area contributed by atoms with Gasteiger partial charge in [-0.2, -0.15) is 79.0 Å². The smallest absolute Gasteiger partial charge is 0.382 e. The topological polar surface area (TPSA) is 121 Å². The number of carbonyl (C=O) groups excluding carboxylic acids is 4. The van der Waals surface area contributed by atoms with Crippen molar-refractivity contribution in [3.05, 3.63) is 180 Å². The van der Waals surface area contributed by atoms with E-state index in [1.165, 1.54) is 55.0 Å². The zero-order chi connectivity index (χ0) is 64.9. The molecule has 0 aliphatic heterocycles. The van der Waals surface area contributed by atoms with Gasteiger partial charge in [0.15, 0.2) is 29.3 Å². The van der Waals surface area contributed by atoms with E-state index in [-0.39, 0.29) is 53.7 Å². The van der Waals surface area contributed by atoms with Crippen molar-refractivity contribution in [3.63, 3.8) is 0 Å². The zero-order valence-electron chi connectivity index (χ0n) is 43.3. The molecule has 2 aromatic heterocycles. The van der Waals surface area contributed by atoms with Gasteiger partial charge in [0.05, 0.1) is 44.9 Å². The number of ketones is 1. The van der Waals surface area contributed by atoms with Crippen LogP contribution in [0.1, 0.15) is 107 Å². The average molecular weight is 1410 g/mol. The van der Waals surface area contributed by atoms with Crippen LogP contribution in [0.4, 0.5) is 105 Å². The van der Waals surface area contributed by atoms with E-state index in [0.717, 1.165) is 42.7 Å². The van der Waals surface area contributed by atoms with E-state index in [4.69, 9.17) is 11.6 Å². The number of rotatable bonds is 15. The second kappa shape index (κ2) is 27.2. The van der Waals surface area contributed by atoms with Crippen molar-refractivity contribution in [2.45, 2.75) is 81.0 Å². The standard InChI is InChI=1S/C28H19BrF10N2O2.C21H15BrF10N2O.C6H4ClNO/c29-20-11-16(24(27(34,35)36)28(37,38)39)10-19(26(31,32)33)18(20)12-22(42)17-2-1-3-21(23(17)30)41(13-14-4-5-14)25(43)15-6-8-40-9-7-15;22-13-7-10(17(20(27,28)29)21(30,31)32)6-12(19(24,25)26)16(13)34-18(35)11-2-1-3-14(15(11)23)33-8-9-4-5-9;7-6(9)5-2-1-3-8-4-5/h1-3,6-11,14,24H,4-5,12-13H2;1-3,6-7,9,17,33H,4-5,8H2,(H,34,35);1-4H. The summed E-state index contributed by atoms with van der Waals surface area (Å²) < 4.78 is 269. The second-order valence-corrected chi connectivity index (χ2v) is 21.3. The first-order chi connectivity index (χ1) is 40.2. The predicted octanol–water partition coefficient (Wildman–Crippen LogP) is 18.0. The molecule has 4 aromatic carbocycles.